The first kappa shape index (κ1) is 26.5. The van der Waals surface area contributed by atoms with Crippen LogP contribution >= 0.6 is 0 Å². The fourth-order valence-corrected chi connectivity index (χ4v) is 5.05. The summed E-state index contributed by atoms with van der Waals surface area (Å²) in [5.74, 6) is -0.297. The Morgan fingerprint density at radius 1 is 1.00 bits per heavy atom. The number of benzene rings is 3. The molecule has 12 heteroatoms. The monoisotopic (exact) mass is 535 g/mol. The number of sulfonamides is 1. The van der Waals surface area contributed by atoms with Crippen LogP contribution in [-0.4, -0.2) is 43.3 Å². The summed E-state index contributed by atoms with van der Waals surface area (Å²) >= 11 is 0. The molecule has 0 aliphatic carbocycles. The highest BCUT2D eigenvalue weighted by molar-refractivity contribution is 7.92. The number of nitrogens with one attached hydrogen (secondary N) is 1. The van der Waals surface area contributed by atoms with Crippen molar-refractivity contribution in [3.8, 4) is 11.5 Å². The van der Waals surface area contributed by atoms with Crippen molar-refractivity contribution >= 4 is 21.6 Å². The molecule has 196 valence electrons. The highest BCUT2D eigenvalue weighted by Crippen LogP contribution is 2.32. The predicted molar refractivity (Wildman–Crippen MR) is 130 cm³/mol. The number of hydroxylamine groups is 1. The Bertz CT molecular complexity index is 1340. The van der Waals surface area contributed by atoms with Crippen LogP contribution in [0.15, 0.2) is 72.8 Å². The third-order valence-electron chi connectivity index (χ3n) is 6.00. The van der Waals surface area contributed by atoms with Gasteiger partial charge in [0.15, 0.2) is 0 Å². The number of halogens is 3. The highest BCUT2D eigenvalue weighted by atomic mass is 32.2. The van der Waals surface area contributed by atoms with Crippen LogP contribution in [0.5, 0.6) is 11.5 Å². The van der Waals surface area contributed by atoms with Gasteiger partial charge in [-0.1, -0.05) is 24.3 Å². The van der Waals surface area contributed by atoms with Gasteiger partial charge in [0.1, 0.15) is 17.5 Å². The van der Waals surface area contributed by atoms with Gasteiger partial charge in [-0.05, 0) is 59.7 Å². The van der Waals surface area contributed by atoms with E-state index in [2.05, 4.69) is 0 Å². The maximum absolute atomic E-state index is 12.8. The van der Waals surface area contributed by atoms with Crippen LogP contribution in [0.3, 0.4) is 0 Å². The molecule has 8 nitrogen and oxygen atoms in total. The summed E-state index contributed by atoms with van der Waals surface area (Å²) in [6.07, 6.45) is -3.45. The van der Waals surface area contributed by atoms with Crippen molar-refractivity contribution in [2.75, 3.05) is 17.1 Å². The van der Waals surface area contributed by atoms with E-state index >= 15 is 0 Å². The molecule has 1 aliphatic rings. The molecule has 1 atom stereocenters. The zero-order chi connectivity index (χ0) is 26.8. The number of alkyl halides is 3. The molecule has 1 amide bonds. The van der Waals surface area contributed by atoms with Crippen LogP contribution in [0.2, 0.25) is 0 Å². The number of carbonyl (C=O) groups excluding carboxylic acids is 1. The second kappa shape index (κ2) is 10.4. The van der Waals surface area contributed by atoms with Crippen LogP contribution in [0.25, 0.3) is 0 Å². The summed E-state index contributed by atoms with van der Waals surface area (Å²) < 4.78 is 70.3. The fourth-order valence-electron chi connectivity index (χ4n) is 4.14. The maximum Gasteiger partial charge on any atom is 0.416 e. The van der Waals surface area contributed by atoms with E-state index in [0.29, 0.717) is 13.1 Å². The lowest BCUT2D eigenvalue weighted by Gasteiger charge is -2.31. The first-order valence-electron chi connectivity index (χ1n) is 11.1. The summed E-state index contributed by atoms with van der Waals surface area (Å²) in [7, 11) is -3.84. The molecule has 37 heavy (non-hydrogen) atoms. The Kier molecular flexibility index (Phi) is 7.44. The van der Waals surface area contributed by atoms with Crippen LogP contribution in [-0.2, 0) is 34.1 Å². The van der Waals surface area contributed by atoms with Gasteiger partial charge in [-0.3, -0.25) is 19.2 Å². The minimum Gasteiger partial charge on any atom is -0.457 e. The smallest absolute Gasteiger partial charge is 0.416 e. The van der Waals surface area contributed by atoms with Crippen molar-refractivity contribution < 1.29 is 36.3 Å². The first-order valence-corrected chi connectivity index (χ1v) is 13.0. The second-order valence-corrected chi connectivity index (χ2v) is 10.5. The van der Waals surface area contributed by atoms with E-state index in [-0.39, 0.29) is 23.7 Å². The second-order valence-electron chi connectivity index (χ2n) is 8.58. The van der Waals surface area contributed by atoms with E-state index in [9.17, 15) is 31.6 Å². The van der Waals surface area contributed by atoms with E-state index in [1.807, 2.05) is 24.3 Å². The predicted octanol–water partition coefficient (Wildman–Crippen LogP) is 4.15. The number of anilines is 1. The molecular formula is C25H24F3N3O5S. The van der Waals surface area contributed by atoms with Crippen LogP contribution in [0.1, 0.15) is 16.7 Å². The maximum atomic E-state index is 12.8. The molecule has 0 unspecified atom stereocenters. The van der Waals surface area contributed by atoms with Crippen LogP contribution < -0.4 is 14.5 Å². The Labute approximate surface area is 211 Å². The summed E-state index contributed by atoms with van der Waals surface area (Å²) in [6, 6.07) is 16.7. The SMILES string of the molecule is CS(=O)(=O)N(C[C@@H](C(=O)NO)N1Cc2ccccc2C1)c1ccc(Oc2ccc(C(F)(F)F)cc2)cc1. The molecular weight excluding hydrogens is 511 g/mol. The third-order valence-corrected chi connectivity index (χ3v) is 7.16. The average Bonchev–Trinajstić information content (AvgIpc) is 3.28. The van der Waals surface area contributed by atoms with Gasteiger partial charge in [0.2, 0.25) is 10.0 Å². The van der Waals surface area contributed by atoms with Crippen molar-refractivity contribution in [3.63, 3.8) is 0 Å². The molecule has 0 bridgehead atoms. The lowest BCUT2D eigenvalue weighted by atomic mass is 10.1. The Morgan fingerprint density at radius 2 is 1.51 bits per heavy atom. The standard InChI is InChI=1S/C25H24F3N3O5S/c1-37(34,35)31(16-23(24(32)29-33)30-14-17-4-2-3-5-18(17)15-30)20-8-12-22(13-9-20)36-21-10-6-19(7-11-21)25(26,27)28/h2-13,23,33H,14-16H2,1H3,(H,29,32)/t23-/m0/s1. The molecule has 2 N–H and O–H groups in total. The van der Waals surface area contributed by atoms with Gasteiger partial charge in [0.25, 0.3) is 5.91 Å². The molecule has 0 aromatic heterocycles. The molecule has 1 heterocycles. The first-order chi connectivity index (χ1) is 17.5. The largest absolute Gasteiger partial charge is 0.457 e. The summed E-state index contributed by atoms with van der Waals surface area (Å²) in [5, 5.41) is 9.33. The summed E-state index contributed by atoms with van der Waals surface area (Å²) in [4.78, 5) is 14.3. The Morgan fingerprint density at radius 3 is 1.97 bits per heavy atom. The molecule has 4 rings (SSSR count). The molecule has 0 saturated carbocycles. The zero-order valence-corrected chi connectivity index (χ0v) is 20.5. The quantitative estimate of drug-likeness (QED) is 0.332. The van der Waals surface area contributed by atoms with E-state index in [1.165, 1.54) is 36.4 Å². The molecule has 0 radical (unpaired) electrons. The third kappa shape index (κ3) is 6.21. The molecule has 3 aromatic carbocycles. The summed E-state index contributed by atoms with van der Waals surface area (Å²) in [6.45, 7) is 0.551. The number of amides is 1. The van der Waals surface area contributed by atoms with E-state index in [4.69, 9.17) is 4.74 Å². The number of rotatable bonds is 8. The van der Waals surface area contributed by atoms with Crippen LogP contribution in [0.4, 0.5) is 18.9 Å². The normalized spacial score (nSPS) is 14.6. The van der Waals surface area contributed by atoms with Crippen molar-refractivity contribution in [2.24, 2.45) is 0 Å². The van der Waals surface area contributed by atoms with Gasteiger partial charge >= 0.3 is 6.18 Å². The minimum atomic E-state index is -4.46. The minimum absolute atomic E-state index is 0.175. The van der Waals surface area contributed by atoms with E-state index in [0.717, 1.165) is 33.8 Å². The number of hydrogen-bond donors (Lipinski definition) is 2. The van der Waals surface area contributed by atoms with E-state index < -0.39 is 33.7 Å². The van der Waals surface area contributed by atoms with E-state index in [1.54, 1.807) is 10.4 Å². The van der Waals surface area contributed by atoms with Gasteiger partial charge in [-0.15, -0.1) is 0 Å². The number of fused-ring (bicyclic) bond motifs is 1. The molecule has 0 saturated heterocycles. The molecule has 3 aromatic rings. The van der Waals surface area contributed by atoms with Gasteiger partial charge in [-0.2, -0.15) is 13.2 Å². The van der Waals surface area contributed by atoms with Crippen molar-refractivity contribution in [3.05, 3.63) is 89.5 Å². The molecule has 1 aliphatic heterocycles. The molecule has 0 spiro atoms. The van der Waals surface area contributed by atoms with Gasteiger partial charge < -0.3 is 4.74 Å². The van der Waals surface area contributed by atoms with Crippen molar-refractivity contribution in [1.82, 2.24) is 10.4 Å². The summed E-state index contributed by atoms with van der Waals surface area (Å²) in [5.41, 5.74) is 3.09. The highest BCUT2D eigenvalue weighted by Gasteiger charge is 2.34. The van der Waals surface area contributed by atoms with Crippen LogP contribution in [0, 0.1) is 0 Å². The lowest BCUT2D eigenvalue weighted by Crippen LogP contribution is -2.51. The van der Waals surface area contributed by atoms with Crippen molar-refractivity contribution in [1.29, 1.82) is 0 Å². The fraction of sp³-hybridized carbons (Fsp3) is 0.240. The number of ether oxygens (including phenoxy) is 1. The topological polar surface area (TPSA) is 99.2 Å². The lowest BCUT2D eigenvalue weighted by molar-refractivity contribution is -0.137. The van der Waals surface area contributed by atoms with Gasteiger partial charge in [0, 0.05) is 13.1 Å². The number of nitrogens with zero attached hydrogens (tertiary/aromatic N) is 2. The average molecular weight is 536 g/mol. The number of carbonyl (C=O) groups is 1. The Hall–Kier alpha value is -3.61. The van der Waals surface area contributed by atoms with Gasteiger partial charge in [0.05, 0.1) is 24.1 Å². The Balaban J connectivity index is 1.53. The van der Waals surface area contributed by atoms with Gasteiger partial charge in [-0.25, -0.2) is 13.9 Å². The molecule has 0 fully saturated rings. The van der Waals surface area contributed by atoms with Crippen molar-refractivity contribution in [2.45, 2.75) is 25.3 Å². The zero-order valence-electron chi connectivity index (χ0n) is 19.6. The number of hydrogen-bond acceptors (Lipinski definition) is 6.